The molecule has 15 heavy (non-hydrogen) atoms. The summed E-state index contributed by atoms with van der Waals surface area (Å²) < 4.78 is 4.60. The lowest BCUT2D eigenvalue weighted by Gasteiger charge is -2.27. The van der Waals surface area contributed by atoms with E-state index in [0.717, 1.165) is 18.9 Å². The van der Waals surface area contributed by atoms with Crippen LogP contribution >= 0.6 is 0 Å². The molecule has 88 valence electrons. The molecule has 0 aromatic rings. The summed E-state index contributed by atoms with van der Waals surface area (Å²) >= 11 is 0. The van der Waals surface area contributed by atoms with Crippen LogP contribution in [0.25, 0.3) is 0 Å². The van der Waals surface area contributed by atoms with Gasteiger partial charge in [-0.1, -0.05) is 19.3 Å². The summed E-state index contributed by atoms with van der Waals surface area (Å²) in [6.07, 6.45) is 7.07. The third kappa shape index (κ3) is 5.17. The Labute approximate surface area is 92.8 Å². The molecular formula is C12H23NO2. The van der Waals surface area contributed by atoms with E-state index >= 15 is 0 Å². The van der Waals surface area contributed by atoms with Crippen LogP contribution in [0.1, 0.15) is 38.5 Å². The Morgan fingerprint density at radius 1 is 1.40 bits per heavy atom. The molecule has 3 heteroatoms. The molecule has 1 aliphatic rings. The standard InChI is InChI=1S/C12H23NO2/c1-13(9-4-7-12(14)15-2)10-8-11-5-3-6-11/h11H,3-10H2,1-2H3. The molecule has 0 aliphatic heterocycles. The summed E-state index contributed by atoms with van der Waals surface area (Å²) in [7, 11) is 3.58. The summed E-state index contributed by atoms with van der Waals surface area (Å²) in [6, 6.07) is 0. The van der Waals surface area contributed by atoms with E-state index in [0.29, 0.717) is 6.42 Å². The van der Waals surface area contributed by atoms with Gasteiger partial charge in [-0.15, -0.1) is 0 Å². The van der Waals surface area contributed by atoms with E-state index in [-0.39, 0.29) is 5.97 Å². The van der Waals surface area contributed by atoms with Gasteiger partial charge in [-0.3, -0.25) is 4.79 Å². The van der Waals surface area contributed by atoms with Crippen molar-refractivity contribution in [2.45, 2.75) is 38.5 Å². The summed E-state index contributed by atoms with van der Waals surface area (Å²) in [5.41, 5.74) is 0. The van der Waals surface area contributed by atoms with E-state index in [1.807, 2.05) is 0 Å². The summed E-state index contributed by atoms with van der Waals surface area (Å²) in [6.45, 7) is 2.17. The van der Waals surface area contributed by atoms with Crippen molar-refractivity contribution in [1.29, 1.82) is 0 Å². The normalized spacial score (nSPS) is 16.5. The molecule has 0 N–H and O–H groups in total. The predicted molar refractivity (Wildman–Crippen MR) is 60.7 cm³/mol. The van der Waals surface area contributed by atoms with Gasteiger partial charge in [0, 0.05) is 6.42 Å². The Balaban J connectivity index is 1.92. The van der Waals surface area contributed by atoms with E-state index in [2.05, 4.69) is 16.7 Å². The molecular weight excluding hydrogens is 190 g/mol. The second kappa shape index (κ2) is 6.83. The van der Waals surface area contributed by atoms with Crippen molar-refractivity contribution in [3.8, 4) is 0 Å². The Bertz CT molecular complexity index is 190. The van der Waals surface area contributed by atoms with Crippen LogP contribution in [0.5, 0.6) is 0 Å². The number of hydrogen-bond acceptors (Lipinski definition) is 3. The molecule has 0 aromatic carbocycles. The SMILES string of the molecule is COC(=O)CCCN(C)CCC1CCC1. The molecule has 0 saturated heterocycles. The third-order valence-corrected chi connectivity index (χ3v) is 3.29. The van der Waals surface area contributed by atoms with Crippen LogP contribution in [0.15, 0.2) is 0 Å². The Morgan fingerprint density at radius 3 is 2.67 bits per heavy atom. The molecule has 0 amide bonds. The van der Waals surface area contributed by atoms with Crippen LogP contribution in [-0.4, -0.2) is 38.1 Å². The fraction of sp³-hybridized carbons (Fsp3) is 0.917. The van der Waals surface area contributed by atoms with Gasteiger partial charge in [0.25, 0.3) is 0 Å². The van der Waals surface area contributed by atoms with Crippen LogP contribution in [0, 0.1) is 5.92 Å². The minimum atomic E-state index is -0.0950. The molecule has 0 atom stereocenters. The number of carbonyl (C=O) groups is 1. The lowest BCUT2D eigenvalue weighted by atomic mass is 9.83. The maximum atomic E-state index is 10.9. The summed E-state index contributed by atoms with van der Waals surface area (Å²) in [4.78, 5) is 13.2. The number of methoxy groups -OCH3 is 1. The molecule has 1 rings (SSSR count). The first kappa shape index (κ1) is 12.5. The quantitative estimate of drug-likeness (QED) is 0.606. The van der Waals surface area contributed by atoms with E-state index in [4.69, 9.17) is 0 Å². The zero-order chi connectivity index (χ0) is 11.1. The van der Waals surface area contributed by atoms with Crippen LogP contribution in [0.2, 0.25) is 0 Å². The molecule has 0 radical (unpaired) electrons. The average Bonchev–Trinajstić information content (AvgIpc) is 2.15. The highest BCUT2D eigenvalue weighted by Gasteiger charge is 2.17. The maximum absolute atomic E-state index is 10.9. The van der Waals surface area contributed by atoms with Gasteiger partial charge in [0.15, 0.2) is 0 Å². The number of nitrogens with zero attached hydrogens (tertiary/aromatic N) is 1. The van der Waals surface area contributed by atoms with Gasteiger partial charge in [-0.2, -0.15) is 0 Å². The molecule has 1 saturated carbocycles. The highest BCUT2D eigenvalue weighted by Crippen LogP contribution is 2.29. The number of rotatable bonds is 7. The predicted octanol–water partition coefficient (Wildman–Crippen LogP) is 2.06. The molecule has 0 spiro atoms. The van der Waals surface area contributed by atoms with Crippen LogP contribution in [-0.2, 0) is 9.53 Å². The first-order valence-electron chi connectivity index (χ1n) is 5.97. The Kier molecular flexibility index (Phi) is 5.69. The van der Waals surface area contributed by atoms with Crippen molar-refractivity contribution >= 4 is 5.97 Å². The molecule has 0 bridgehead atoms. The van der Waals surface area contributed by atoms with Gasteiger partial charge in [0.1, 0.15) is 0 Å². The highest BCUT2D eigenvalue weighted by atomic mass is 16.5. The Morgan fingerprint density at radius 2 is 2.13 bits per heavy atom. The molecule has 1 aliphatic carbocycles. The molecule has 3 nitrogen and oxygen atoms in total. The van der Waals surface area contributed by atoms with Gasteiger partial charge in [-0.05, 0) is 38.9 Å². The van der Waals surface area contributed by atoms with E-state index in [9.17, 15) is 4.79 Å². The monoisotopic (exact) mass is 213 g/mol. The molecule has 0 heterocycles. The second-order valence-electron chi connectivity index (χ2n) is 4.57. The fourth-order valence-electron chi connectivity index (χ4n) is 1.89. The topological polar surface area (TPSA) is 29.5 Å². The van der Waals surface area contributed by atoms with Crippen molar-refractivity contribution in [2.75, 3.05) is 27.2 Å². The number of ether oxygens (including phenoxy) is 1. The first-order valence-corrected chi connectivity index (χ1v) is 5.97. The number of carbonyl (C=O) groups excluding carboxylic acids is 1. The van der Waals surface area contributed by atoms with Gasteiger partial charge >= 0.3 is 5.97 Å². The number of esters is 1. The summed E-state index contributed by atoms with van der Waals surface area (Å²) in [5.74, 6) is 0.885. The van der Waals surface area contributed by atoms with Crippen molar-refractivity contribution < 1.29 is 9.53 Å². The van der Waals surface area contributed by atoms with Crippen molar-refractivity contribution in [2.24, 2.45) is 5.92 Å². The van der Waals surface area contributed by atoms with Gasteiger partial charge < -0.3 is 9.64 Å². The average molecular weight is 213 g/mol. The van der Waals surface area contributed by atoms with Gasteiger partial charge in [0.2, 0.25) is 0 Å². The zero-order valence-electron chi connectivity index (χ0n) is 10.00. The minimum Gasteiger partial charge on any atom is -0.469 e. The van der Waals surface area contributed by atoms with Crippen LogP contribution in [0.4, 0.5) is 0 Å². The van der Waals surface area contributed by atoms with E-state index in [1.165, 1.54) is 39.3 Å². The van der Waals surface area contributed by atoms with Crippen molar-refractivity contribution in [3.05, 3.63) is 0 Å². The van der Waals surface area contributed by atoms with Crippen molar-refractivity contribution in [3.63, 3.8) is 0 Å². The molecule has 0 aromatic heterocycles. The largest absolute Gasteiger partial charge is 0.469 e. The fourth-order valence-corrected chi connectivity index (χ4v) is 1.89. The smallest absolute Gasteiger partial charge is 0.305 e. The Hall–Kier alpha value is -0.570. The van der Waals surface area contributed by atoms with Crippen LogP contribution in [0.3, 0.4) is 0 Å². The number of hydrogen-bond donors (Lipinski definition) is 0. The van der Waals surface area contributed by atoms with Gasteiger partial charge in [0.05, 0.1) is 7.11 Å². The zero-order valence-corrected chi connectivity index (χ0v) is 10.00. The summed E-state index contributed by atoms with van der Waals surface area (Å²) in [5, 5.41) is 0. The molecule has 0 unspecified atom stereocenters. The van der Waals surface area contributed by atoms with E-state index in [1.54, 1.807) is 0 Å². The third-order valence-electron chi connectivity index (χ3n) is 3.29. The maximum Gasteiger partial charge on any atom is 0.305 e. The first-order chi connectivity index (χ1) is 7.22. The lowest BCUT2D eigenvalue weighted by molar-refractivity contribution is -0.140. The van der Waals surface area contributed by atoms with Gasteiger partial charge in [-0.25, -0.2) is 0 Å². The van der Waals surface area contributed by atoms with Crippen LogP contribution < -0.4 is 0 Å². The second-order valence-corrected chi connectivity index (χ2v) is 4.57. The molecule has 1 fully saturated rings. The minimum absolute atomic E-state index is 0.0950. The lowest BCUT2D eigenvalue weighted by Crippen LogP contribution is -2.25. The highest BCUT2D eigenvalue weighted by molar-refractivity contribution is 5.69. The van der Waals surface area contributed by atoms with E-state index < -0.39 is 0 Å². The van der Waals surface area contributed by atoms with Crippen molar-refractivity contribution in [1.82, 2.24) is 4.90 Å².